The minimum atomic E-state index is -0.456. The van der Waals surface area contributed by atoms with E-state index in [2.05, 4.69) is 5.10 Å². The minimum Gasteiger partial charge on any atom is -0.464 e. The number of carbonyl (C=O) groups excluding carboxylic acids is 1. The van der Waals surface area contributed by atoms with Gasteiger partial charge in [-0.15, -0.1) is 0 Å². The quantitative estimate of drug-likeness (QED) is 0.877. The van der Waals surface area contributed by atoms with Crippen LogP contribution in [0.25, 0.3) is 5.69 Å². The van der Waals surface area contributed by atoms with Gasteiger partial charge in [0, 0.05) is 5.56 Å². The molecule has 2 rings (SSSR count). The van der Waals surface area contributed by atoms with E-state index < -0.39 is 5.97 Å². The Morgan fingerprint density at radius 3 is 2.52 bits per heavy atom. The molecule has 2 N–H and O–H groups in total. The number of aromatic nitrogens is 2. The molecule has 0 fully saturated rings. The number of nitrogens with zero attached hydrogens (tertiary/aromatic N) is 2. The number of esters is 1. The summed E-state index contributed by atoms with van der Waals surface area (Å²) in [4.78, 5) is 12.0. The number of methoxy groups -OCH3 is 1. The second kappa shape index (κ2) is 5.99. The van der Waals surface area contributed by atoms with E-state index in [1.165, 1.54) is 7.11 Å². The SMILES string of the molecule is CCC(C)c1c(C(=O)OC)nn(-c2ccc(C)cc2)c1N. The van der Waals surface area contributed by atoms with Crippen LogP contribution in [0.2, 0.25) is 0 Å². The number of hydrogen-bond donors (Lipinski definition) is 1. The normalized spacial score (nSPS) is 12.2. The largest absolute Gasteiger partial charge is 0.464 e. The van der Waals surface area contributed by atoms with Crippen molar-refractivity contribution in [2.45, 2.75) is 33.1 Å². The summed E-state index contributed by atoms with van der Waals surface area (Å²) in [6.45, 7) is 6.09. The maximum atomic E-state index is 12.0. The Morgan fingerprint density at radius 2 is 2.00 bits per heavy atom. The Balaban J connectivity index is 2.60. The highest BCUT2D eigenvalue weighted by atomic mass is 16.5. The second-order valence-electron chi connectivity index (χ2n) is 5.20. The number of nitrogens with two attached hydrogens (primary N) is 1. The average Bonchev–Trinajstić information content (AvgIpc) is 2.84. The first-order valence-electron chi connectivity index (χ1n) is 7.03. The summed E-state index contributed by atoms with van der Waals surface area (Å²) in [5.74, 6) is 0.176. The van der Waals surface area contributed by atoms with Gasteiger partial charge in [0.05, 0.1) is 12.8 Å². The lowest BCUT2D eigenvalue weighted by Gasteiger charge is -2.10. The summed E-state index contributed by atoms with van der Waals surface area (Å²) in [5.41, 5.74) is 9.27. The number of anilines is 1. The van der Waals surface area contributed by atoms with Crippen molar-refractivity contribution >= 4 is 11.8 Å². The molecule has 2 aromatic rings. The van der Waals surface area contributed by atoms with E-state index in [4.69, 9.17) is 10.5 Å². The van der Waals surface area contributed by atoms with E-state index in [1.807, 2.05) is 45.0 Å². The molecule has 5 heteroatoms. The molecule has 112 valence electrons. The number of benzene rings is 1. The Labute approximate surface area is 124 Å². The van der Waals surface area contributed by atoms with Crippen LogP contribution in [0.5, 0.6) is 0 Å². The fourth-order valence-electron chi connectivity index (χ4n) is 2.26. The van der Waals surface area contributed by atoms with Gasteiger partial charge in [-0.1, -0.05) is 31.5 Å². The fraction of sp³-hybridized carbons (Fsp3) is 0.375. The molecule has 1 heterocycles. The van der Waals surface area contributed by atoms with Crippen LogP contribution >= 0.6 is 0 Å². The van der Waals surface area contributed by atoms with Crippen molar-refractivity contribution in [3.8, 4) is 5.69 Å². The van der Waals surface area contributed by atoms with Crippen LogP contribution in [0.4, 0.5) is 5.82 Å². The van der Waals surface area contributed by atoms with Crippen molar-refractivity contribution in [3.05, 3.63) is 41.1 Å². The highest BCUT2D eigenvalue weighted by Gasteiger charge is 2.25. The van der Waals surface area contributed by atoms with E-state index >= 15 is 0 Å². The lowest BCUT2D eigenvalue weighted by molar-refractivity contribution is 0.0591. The first-order valence-corrected chi connectivity index (χ1v) is 7.03. The number of hydrogen-bond acceptors (Lipinski definition) is 4. The summed E-state index contributed by atoms with van der Waals surface area (Å²) in [5, 5.41) is 4.37. The topological polar surface area (TPSA) is 70.1 Å². The van der Waals surface area contributed by atoms with Gasteiger partial charge >= 0.3 is 5.97 Å². The molecule has 1 atom stereocenters. The van der Waals surface area contributed by atoms with Gasteiger partial charge in [-0.2, -0.15) is 5.10 Å². The zero-order chi connectivity index (χ0) is 15.6. The predicted octanol–water partition coefficient (Wildman–Crippen LogP) is 3.06. The molecular weight excluding hydrogens is 266 g/mol. The van der Waals surface area contributed by atoms with Gasteiger partial charge in [-0.25, -0.2) is 9.48 Å². The standard InChI is InChI=1S/C16H21N3O2/c1-5-11(3)13-14(16(20)21-4)18-19(15(13)17)12-8-6-10(2)7-9-12/h6-9,11H,5,17H2,1-4H3. The molecule has 1 aromatic heterocycles. The van der Waals surface area contributed by atoms with Crippen molar-refractivity contribution < 1.29 is 9.53 Å². The summed E-state index contributed by atoms with van der Waals surface area (Å²) in [6.07, 6.45) is 0.869. The lowest BCUT2D eigenvalue weighted by Crippen LogP contribution is -2.07. The van der Waals surface area contributed by atoms with Gasteiger partial charge in [0.2, 0.25) is 0 Å². The molecule has 1 aromatic carbocycles. The van der Waals surface area contributed by atoms with Crippen molar-refractivity contribution in [2.24, 2.45) is 0 Å². The van der Waals surface area contributed by atoms with Gasteiger partial charge in [0.15, 0.2) is 5.69 Å². The van der Waals surface area contributed by atoms with Gasteiger partial charge in [0.25, 0.3) is 0 Å². The summed E-state index contributed by atoms with van der Waals surface area (Å²) in [7, 11) is 1.35. The Bertz CT molecular complexity index is 644. The molecular formula is C16H21N3O2. The summed E-state index contributed by atoms with van der Waals surface area (Å²) >= 11 is 0. The van der Waals surface area contributed by atoms with Crippen LogP contribution in [0, 0.1) is 6.92 Å². The first-order chi connectivity index (χ1) is 9.99. The molecule has 0 amide bonds. The molecule has 0 saturated heterocycles. The van der Waals surface area contributed by atoms with Gasteiger partial charge < -0.3 is 10.5 Å². The predicted molar refractivity (Wildman–Crippen MR) is 82.8 cm³/mol. The van der Waals surface area contributed by atoms with E-state index in [0.717, 1.165) is 23.2 Å². The number of nitrogen functional groups attached to an aromatic ring is 1. The Kier molecular flexibility index (Phi) is 4.31. The number of ether oxygens (including phenoxy) is 1. The third-order valence-electron chi connectivity index (χ3n) is 3.72. The van der Waals surface area contributed by atoms with E-state index in [9.17, 15) is 4.79 Å². The molecule has 0 aliphatic heterocycles. The highest BCUT2D eigenvalue weighted by molar-refractivity contribution is 5.90. The molecule has 0 radical (unpaired) electrons. The van der Waals surface area contributed by atoms with E-state index in [-0.39, 0.29) is 5.92 Å². The maximum Gasteiger partial charge on any atom is 0.358 e. The summed E-state index contributed by atoms with van der Waals surface area (Å²) in [6, 6.07) is 7.83. The lowest BCUT2D eigenvalue weighted by atomic mass is 9.98. The van der Waals surface area contributed by atoms with Crippen molar-refractivity contribution in [3.63, 3.8) is 0 Å². The van der Waals surface area contributed by atoms with Crippen molar-refractivity contribution in [1.29, 1.82) is 0 Å². The zero-order valence-corrected chi connectivity index (χ0v) is 12.9. The maximum absolute atomic E-state index is 12.0. The van der Waals surface area contributed by atoms with E-state index in [1.54, 1.807) is 4.68 Å². The monoisotopic (exact) mass is 287 g/mol. The van der Waals surface area contributed by atoms with E-state index in [0.29, 0.717) is 11.5 Å². The number of carbonyl (C=O) groups is 1. The fourth-order valence-corrected chi connectivity index (χ4v) is 2.26. The molecule has 0 aliphatic rings. The van der Waals surface area contributed by atoms with Crippen LogP contribution in [0.1, 0.15) is 47.8 Å². The minimum absolute atomic E-state index is 0.137. The zero-order valence-electron chi connectivity index (χ0n) is 12.9. The molecule has 0 spiro atoms. The number of rotatable bonds is 4. The third kappa shape index (κ3) is 2.77. The molecule has 21 heavy (non-hydrogen) atoms. The number of aryl methyl sites for hydroxylation is 1. The van der Waals surface area contributed by atoms with Crippen LogP contribution in [0.15, 0.2) is 24.3 Å². The molecule has 0 saturated carbocycles. The van der Waals surface area contributed by atoms with Crippen LogP contribution in [-0.2, 0) is 4.74 Å². The first kappa shape index (κ1) is 15.1. The molecule has 0 aliphatic carbocycles. The molecule has 1 unspecified atom stereocenters. The highest BCUT2D eigenvalue weighted by Crippen LogP contribution is 2.30. The van der Waals surface area contributed by atoms with Gasteiger partial charge in [-0.05, 0) is 31.4 Å². The van der Waals surface area contributed by atoms with Crippen LogP contribution < -0.4 is 5.73 Å². The van der Waals surface area contributed by atoms with Crippen molar-refractivity contribution in [1.82, 2.24) is 9.78 Å². The van der Waals surface area contributed by atoms with Crippen LogP contribution in [0.3, 0.4) is 0 Å². The molecule has 0 bridgehead atoms. The second-order valence-corrected chi connectivity index (χ2v) is 5.20. The Hall–Kier alpha value is -2.30. The summed E-state index contributed by atoms with van der Waals surface area (Å²) < 4.78 is 6.43. The smallest absolute Gasteiger partial charge is 0.358 e. The van der Waals surface area contributed by atoms with Crippen LogP contribution in [-0.4, -0.2) is 22.9 Å². The average molecular weight is 287 g/mol. The molecule has 5 nitrogen and oxygen atoms in total. The Morgan fingerprint density at radius 1 is 1.38 bits per heavy atom. The van der Waals surface area contributed by atoms with Gasteiger partial charge in [-0.3, -0.25) is 0 Å². The van der Waals surface area contributed by atoms with Crippen molar-refractivity contribution in [2.75, 3.05) is 12.8 Å². The van der Waals surface area contributed by atoms with Gasteiger partial charge in [0.1, 0.15) is 5.82 Å². The third-order valence-corrected chi connectivity index (χ3v) is 3.72.